The molecule has 0 bridgehead atoms. The van der Waals surface area contributed by atoms with Gasteiger partial charge >= 0.3 is 0 Å². The number of nitro benzene ring substituents is 1. The highest BCUT2D eigenvalue weighted by molar-refractivity contribution is 9.11. The lowest BCUT2D eigenvalue weighted by Crippen LogP contribution is -2.29. The first-order chi connectivity index (χ1) is 11.4. The summed E-state index contributed by atoms with van der Waals surface area (Å²) in [4.78, 5) is 25.7. The van der Waals surface area contributed by atoms with E-state index in [-0.39, 0.29) is 23.8 Å². The molecule has 0 atom stereocenters. The van der Waals surface area contributed by atoms with Gasteiger partial charge in [0.25, 0.3) is 5.69 Å². The van der Waals surface area contributed by atoms with Crippen LogP contribution in [0.3, 0.4) is 0 Å². The molecule has 0 radical (unpaired) electrons. The van der Waals surface area contributed by atoms with Gasteiger partial charge in [-0.25, -0.2) is 0 Å². The third-order valence-electron chi connectivity index (χ3n) is 3.14. The summed E-state index contributed by atoms with van der Waals surface area (Å²) in [6, 6.07) is 8.25. The van der Waals surface area contributed by atoms with Crippen LogP contribution in [0.4, 0.5) is 11.4 Å². The van der Waals surface area contributed by atoms with Crippen molar-refractivity contribution in [3.05, 3.63) is 49.1 Å². The Labute approximate surface area is 151 Å². The number of nitrogens with one attached hydrogen (secondary N) is 1. The minimum Gasteiger partial charge on any atom is -0.496 e. The van der Waals surface area contributed by atoms with Crippen LogP contribution in [0.25, 0.3) is 0 Å². The molecule has 0 aliphatic heterocycles. The topological polar surface area (TPSA) is 84.7 Å². The molecule has 24 heavy (non-hydrogen) atoms. The van der Waals surface area contributed by atoms with E-state index in [0.29, 0.717) is 12.3 Å². The zero-order valence-electron chi connectivity index (χ0n) is 13.1. The first-order valence-electron chi connectivity index (χ1n) is 6.94. The second-order valence-corrected chi connectivity index (χ2v) is 7.61. The number of likely N-dealkylation sites (N-methyl/N-ethyl adjacent to an activating group) is 1. The summed E-state index contributed by atoms with van der Waals surface area (Å²) in [6.45, 7) is 0.743. The van der Waals surface area contributed by atoms with Crippen molar-refractivity contribution in [1.29, 1.82) is 0 Å². The Morgan fingerprint density at radius 2 is 2.17 bits per heavy atom. The Morgan fingerprint density at radius 3 is 2.75 bits per heavy atom. The maximum Gasteiger partial charge on any atom is 0.296 e. The molecule has 7 nitrogen and oxygen atoms in total. The van der Waals surface area contributed by atoms with E-state index in [4.69, 9.17) is 4.74 Å². The van der Waals surface area contributed by atoms with Crippen molar-refractivity contribution in [3.63, 3.8) is 0 Å². The fourth-order valence-electron chi connectivity index (χ4n) is 2.09. The standard InChI is InChI=1S/C15H16BrN3O4S/c1-18(8-11-4-6-14(16)24-11)9-15(20)17-12-5-3-10(23-2)7-13(12)19(21)22/h3-7H,8-9H2,1-2H3,(H,17,20). The highest BCUT2D eigenvalue weighted by Gasteiger charge is 2.18. The molecule has 0 unspecified atom stereocenters. The smallest absolute Gasteiger partial charge is 0.296 e. The molecule has 2 aromatic rings. The van der Waals surface area contributed by atoms with Crippen molar-refractivity contribution < 1.29 is 14.5 Å². The summed E-state index contributed by atoms with van der Waals surface area (Å²) in [5.41, 5.74) is -0.0504. The maximum atomic E-state index is 12.1. The van der Waals surface area contributed by atoms with Crippen molar-refractivity contribution in [2.24, 2.45) is 0 Å². The fourth-order valence-corrected chi connectivity index (χ4v) is 3.65. The molecule has 0 saturated carbocycles. The van der Waals surface area contributed by atoms with E-state index in [0.717, 1.165) is 8.66 Å². The molecule has 0 fully saturated rings. The van der Waals surface area contributed by atoms with Gasteiger partial charge in [-0.3, -0.25) is 19.8 Å². The lowest BCUT2D eigenvalue weighted by molar-refractivity contribution is -0.384. The van der Waals surface area contributed by atoms with Gasteiger partial charge in [0.15, 0.2) is 0 Å². The third-order valence-corrected chi connectivity index (χ3v) is 4.75. The zero-order valence-corrected chi connectivity index (χ0v) is 15.5. The van der Waals surface area contributed by atoms with Crippen molar-refractivity contribution in [3.8, 4) is 5.75 Å². The number of amides is 1. The molecule has 0 aliphatic rings. The third kappa shape index (κ3) is 5.02. The monoisotopic (exact) mass is 413 g/mol. The summed E-state index contributed by atoms with van der Waals surface area (Å²) in [5.74, 6) is 0.0430. The first-order valence-corrected chi connectivity index (χ1v) is 8.55. The number of carbonyl (C=O) groups excluding carboxylic acids is 1. The Kier molecular flexibility index (Phi) is 6.29. The average Bonchev–Trinajstić information content (AvgIpc) is 2.92. The zero-order chi connectivity index (χ0) is 17.7. The second kappa shape index (κ2) is 8.22. The van der Waals surface area contributed by atoms with Gasteiger partial charge in [-0.2, -0.15) is 0 Å². The number of nitrogens with zero attached hydrogens (tertiary/aromatic N) is 2. The molecular formula is C15H16BrN3O4S. The SMILES string of the molecule is COc1ccc(NC(=O)CN(C)Cc2ccc(Br)s2)c([N+](=O)[O-])c1. The Balaban J connectivity index is 2.00. The van der Waals surface area contributed by atoms with Crippen LogP contribution >= 0.6 is 27.3 Å². The number of hydrogen-bond acceptors (Lipinski definition) is 6. The lowest BCUT2D eigenvalue weighted by Gasteiger charge is -2.15. The Morgan fingerprint density at radius 1 is 1.42 bits per heavy atom. The van der Waals surface area contributed by atoms with Gasteiger partial charge in [-0.15, -0.1) is 11.3 Å². The van der Waals surface area contributed by atoms with Crippen LogP contribution in [0.5, 0.6) is 5.75 Å². The molecule has 1 aromatic heterocycles. The number of halogens is 1. The highest BCUT2D eigenvalue weighted by Crippen LogP contribution is 2.29. The second-order valence-electron chi connectivity index (χ2n) is 5.07. The fraction of sp³-hybridized carbons (Fsp3) is 0.267. The van der Waals surface area contributed by atoms with Crippen molar-refractivity contribution in [1.82, 2.24) is 4.90 Å². The predicted molar refractivity (Wildman–Crippen MR) is 96.6 cm³/mol. The molecule has 0 aliphatic carbocycles. The van der Waals surface area contributed by atoms with Crippen LogP contribution in [0.1, 0.15) is 4.88 Å². The number of methoxy groups -OCH3 is 1. The first kappa shape index (κ1) is 18.4. The number of ether oxygens (including phenoxy) is 1. The normalized spacial score (nSPS) is 10.7. The van der Waals surface area contributed by atoms with E-state index in [2.05, 4.69) is 21.2 Å². The minimum absolute atomic E-state index is 0.124. The van der Waals surface area contributed by atoms with Crippen LogP contribution in [0.15, 0.2) is 34.1 Å². The molecule has 1 aromatic carbocycles. The average molecular weight is 414 g/mol. The van der Waals surface area contributed by atoms with Crippen LogP contribution in [0, 0.1) is 10.1 Å². The molecule has 0 spiro atoms. The summed E-state index contributed by atoms with van der Waals surface area (Å²) < 4.78 is 6.00. The largest absolute Gasteiger partial charge is 0.496 e. The van der Waals surface area contributed by atoms with Gasteiger partial charge in [0.1, 0.15) is 11.4 Å². The molecule has 9 heteroatoms. The van der Waals surface area contributed by atoms with E-state index in [9.17, 15) is 14.9 Å². The number of nitro groups is 1. The predicted octanol–water partition coefficient (Wildman–Crippen LogP) is 3.50. The van der Waals surface area contributed by atoms with Gasteiger partial charge in [0.2, 0.25) is 5.91 Å². The van der Waals surface area contributed by atoms with Crippen molar-refractivity contribution >= 4 is 44.5 Å². The maximum absolute atomic E-state index is 12.1. The summed E-state index contributed by atoms with van der Waals surface area (Å²) in [7, 11) is 3.24. The molecule has 1 N–H and O–H groups in total. The number of rotatable bonds is 7. The van der Waals surface area contributed by atoms with E-state index in [1.807, 2.05) is 24.1 Å². The lowest BCUT2D eigenvalue weighted by atomic mass is 10.2. The van der Waals surface area contributed by atoms with Crippen LogP contribution in [-0.4, -0.2) is 36.4 Å². The Hall–Kier alpha value is -1.97. The van der Waals surface area contributed by atoms with E-state index in [1.54, 1.807) is 17.4 Å². The van der Waals surface area contributed by atoms with E-state index in [1.165, 1.54) is 19.2 Å². The van der Waals surface area contributed by atoms with Gasteiger partial charge in [-0.05, 0) is 47.2 Å². The van der Waals surface area contributed by atoms with E-state index >= 15 is 0 Å². The molecule has 128 valence electrons. The van der Waals surface area contributed by atoms with Crippen LogP contribution < -0.4 is 10.1 Å². The minimum atomic E-state index is -0.551. The molecule has 0 saturated heterocycles. The van der Waals surface area contributed by atoms with Gasteiger partial charge in [0, 0.05) is 11.4 Å². The number of hydrogen-bond donors (Lipinski definition) is 1. The van der Waals surface area contributed by atoms with Crippen molar-refractivity contribution in [2.45, 2.75) is 6.54 Å². The highest BCUT2D eigenvalue weighted by atomic mass is 79.9. The van der Waals surface area contributed by atoms with Crippen LogP contribution in [-0.2, 0) is 11.3 Å². The molecule has 1 amide bonds. The summed E-state index contributed by atoms with van der Waals surface area (Å²) in [6.07, 6.45) is 0. The number of carbonyl (C=O) groups is 1. The molecular weight excluding hydrogens is 398 g/mol. The number of anilines is 1. The van der Waals surface area contributed by atoms with Gasteiger partial charge < -0.3 is 10.1 Å². The summed E-state index contributed by atoms with van der Waals surface area (Å²) in [5, 5.41) is 13.7. The van der Waals surface area contributed by atoms with Crippen LogP contribution in [0.2, 0.25) is 0 Å². The van der Waals surface area contributed by atoms with Gasteiger partial charge in [0.05, 0.1) is 28.4 Å². The number of thiophene rings is 1. The number of benzene rings is 1. The molecule has 2 rings (SSSR count). The van der Waals surface area contributed by atoms with Gasteiger partial charge in [-0.1, -0.05) is 0 Å². The van der Waals surface area contributed by atoms with Crippen molar-refractivity contribution in [2.75, 3.05) is 26.0 Å². The summed E-state index contributed by atoms with van der Waals surface area (Å²) >= 11 is 4.99. The van der Waals surface area contributed by atoms with E-state index < -0.39 is 4.92 Å². The molecule has 1 heterocycles. The Bertz CT molecular complexity index is 750. The quantitative estimate of drug-likeness (QED) is 0.554.